The van der Waals surface area contributed by atoms with Gasteiger partial charge < -0.3 is 10.2 Å². The SMILES string of the molecule is CCC(C)CC(C)N1CCCNC(CC)CC1. The summed E-state index contributed by atoms with van der Waals surface area (Å²) in [5.74, 6) is 0.871. The largest absolute Gasteiger partial charge is 0.314 e. The smallest absolute Gasteiger partial charge is 0.00766 e. The van der Waals surface area contributed by atoms with Crippen molar-refractivity contribution in [3.05, 3.63) is 0 Å². The van der Waals surface area contributed by atoms with Crippen LogP contribution in [0.4, 0.5) is 0 Å². The molecule has 0 aliphatic carbocycles. The third-order valence-corrected chi connectivity index (χ3v) is 4.38. The molecule has 0 radical (unpaired) electrons. The zero-order valence-corrected chi connectivity index (χ0v) is 12.3. The summed E-state index contributed by atoms with van der Waals surface area (Å²) in [5, 5.41) is 3.66. The summed E-state index contributed by atoms with van der Waals surface area (Å²) in [7, 11) is 0. The van der Waals surface area contributed by atoms with Gasteiger partial charge in [-0.05, 0) is 58.2 Å². The molecule has 1 N–H and O–H groups in total. The van der Waals surface area contributed by atoms with Crippen LogP contribution in [0.2, 0.25) is 0 Å². The van der Waals surface area contributed by atoms with Crippen LogP contribution in [-0.4, -0.2) is 36.6 Å². The molecular formula is C15H32N2. The first-order valence-corrected chi connectivity index (χ1v) is 7.64. The zero-order chi connectivity index (χ0) is 12.7. The lowest BCUT2D eigenvalue weighted by Crippen LogP contribution is -2.43. The molecule has 0 spiro atoms. The molecular weight excluding hydrogens is 208 g/mol. The lowest BCUT2D eigenvalue weighted by molar-refractivity contribution is 0.160. The fourth-order valence-electron chi connectivity index (χ4n) is 2.81. The van der Waals surface area contributed by atoms with E-state index >= 15 is 0 Å². The maximum Gasteiger partial charge on any atom is 0.00766 e. The normalized spacial score (nSPS) is 27.2. The van der Waals surface area contributed by atoms with Gasteiger partial charge >= 0.3 is 0 Å². The van der Waals surface area contributed by atoms with Gasteiger partial charge in [0.15, 0.2) is 0 Å². The topological polar surface area (TPSA) is 15.3 Å². The summed E-state index contributed by atoms with van der Waals surface area (Å²) in [6.45, 7) is 13.2. The molecule has 0 aromatic rings. The van der Waals surface area contributed by atoms with Gasteiger partial charge in [0.25, 0.3) is 0 Å². The van der Waals surface area contributed by atoms with Gasteiger partial charge in [0.2, 0.25) is 0 Å². The van der Waals surface area contributed by atoms with E-state index in [0.29, 0.717) is 0 Å². The summed E-state index contributed by atoms with van der Waals surface area (Å²) < 4.78 is 0. The summed E-state index contributed by atoms with van der Waals surface area (Å²) in [5.41, 5.74) is 0. The van der Waals surface area contributed by atoms with E-state index in [0.717, 1.165) is 18.0 Å². The Balaban J connectivity index is 2.39. The third-order valence-electron chi connectivity index (χ3n) is 4.38. The van der Waals surface area contributed by atoms with E-state index in [2.05, 4.69) is 37.9 Å². The molecule has 1 saturated heterocycles. The Labute approximate surface area is 108 Å². The van der Waals surface area contributed by atoms with Gasteiger partial charge in [-0.15, -0.1) is 0 Å². The van der Waals surface area contributed by atoms with E-state index < -0.39 is 0 Å². The van der Waals surface area contributed by atoms with E-state index in [-0.39, 0.29) is 0 Å². The van der Waals surface area contributed by atoms with E-state index in [1.54, 1.807) is 0 Å². The summed E-state index contributed by atoms with van der Waals surface area (Å²) in [4.78, 5) is 2.72. The van der Waals surface area contributed by atoms with Crippen molar-refractivity contribution in [2.45, 2.75) is 71.9 Å². The molecule has 2 heteroatoms. The number of nitrogens with zero attached hydrogens (tertiary/aromatic N) is 1. The first-order valence-electron chi connectivity index (χ1n) is 7.64. The lowest BCUT2D eigenvalue weighted by atomic mass is 9.98. The second-order valence-electron chi connectivity index (χ2n) is 5.84. The molecule has 0 saturated carbocycles. The Kier molecular flexibility index (Phi) is 7.14. The van der Waals surface area contributed by atoms with Gasteiger partial charge in [-0.3, -0.25) is 0 Å². The third kappa shape index (κ3) is 5.39. The molecule has 0 amide bonds. The Morgan fingerprint density at radius 3 is 2.65 bits per heavy atom. The van der Waals surface area contributed by atoms with E-state index in [4.69, 9.17) is 0 Å². The Morgan fingerprint density at radius 1 is 1.24 bits per heavy atom. The van der Waals surface area contributed by atoms with Crippen molar-refractivity contribution in [3.8, 4) is 0 Å². The molecule has 17 heavy (non-hydrogen) atoms. The predicted molar refractivity (Wildman–Crippen MR) is 76.4 cm³/mol. The van der Waals surface area contributed by atoms with Crippen LogP contribution >= 0.6 is 0 Å². The summed E-state index contributed by atoms with van der Waals surface area (Å²) >= 11 is 0. The van der Waals surface area contributed by atoms with Gasteiger partial charge in [0.1, 0.15) is 0 Å². The fourth-order valence-corrected chi connectivity index (χ4v) is 2.81. The van der Waals surface area contributed by atoms with Crippen LogP contribution in [-0.2, 0) is 0 Å². The minimum atomic E-state index is 0.744. The van der Waals surface area contributed by atoms with Crippen LogP contribution in [0, 0.1) is 5.92 Å². The van der Waals surface area contributed by atoms with E-state index in [1.807, 2.05) is 0 Å². The number of hydrogen-bond acceptors (Lipinski definition) is 2. The number of rotatable bonds is 5. The Morgan fingerprint density at radius 2 is 2.00 bits per heavy atom. The standard InChI is InChI=1S/C15H32N2/c1-5-13(3)12-14(4)17-10-7-9-16-15(6-2)8-11-17/h13-16H,5-12H2,1-4H3. The molecule has 1 heterocycles. The Bertz CT molecular complexity index is 193. The monoisotopic (exact) mass is 240 g/mol. The lowest BCUT2D eigenvalue weighted by Gasteiger charge is -2.34. The highest BCUT2D eigenvalue weighted by Gasteiger charge is 2.19. The molecule has 2 nitrogen and oxygen atoms in total. The molecule has 1 aliphatic rings. The van der Waals surface area contributed by atoms with E-state index in [9.17, 15) is 0 Å². The first kappa shape index (κ1) is 15.0. The minimum absolute atomic E-state index is 0.744. The molecule has 0 aromatic carbocycles. The molecule has 3 unspecified atom stereocenters. The van der Waals surface area contributed by atoms with Crippen molar-refractivity contribution in [2.75, 3.05) is 19.6 Å². The maximum atomic E-state index is 3.66. The van der Waals surface area contributed by atoms with Crippen molar-refractivity contribution < 1.29 is 0 Å². The van der Waals surface area contributed by atoms with Gasteiger partial charge in [-0.1, -0.05) is 27.2 Å². The molecule has 1 rings (SSSR count). The van der Waals surface area contributed by atoms with Crippen molar-refractivity contribution in [1.82, 2.24) is 10.2 Å². The van der Waals surface area contributed by atoms with Gasteiger partial charge in [-0.2, -0.15) is 0 Å². The van der Waals surface area contributed by atoms with Crippen molar-refractivity contribution >= 4 is 0 Å². The minimum Gasteiger partial charge on any atom is -0.314 e. The Hall–Kier alpha value is -0.0800. The highest BCUT2D eigenvalue weighted by Crippen LogP contribution is 2.16. The number of hydrogen-bond donors (Lipinski definition) is 1. The second kappa shape index (κ2) is 8.10. The maximum absolute atomic E-state index is 3.66. The van der Waals surface area contributed by atoms with Crippen molar-refractivity contribution in [3.63, 3.8) is 0 Å². The average Bonchev–Trinajstić information content (AvgIpc) is 2.29. The van der Waals surface area contributed by atoms with Crippen LogP contribution < -0.4 is 5.32 Å². The molecule has 102 valence electrons. The van der Waals surface area contributed by atoms with Crippen LogP contribution in [0.3, 0.4) is 0 Å². The predicted octanol–water partition coefficient (Wildman–Crippen LogP) is 3.28. The molecule has 1 fully saturated rings. The van der Waals surface area contributed by atoms with Crippen molar-refractivity contribution in [2.24, 2.45) is 5.92 Å². The molecule has 0 bridgehead atoms. The molecule has 3 atom stereocenters. The summed E-state index contributed by atoms with van der Waals surface area (Å²) in [6.07, 6.45) is 6.58. The van der Waals surface area contributed by atoms with Crippen LogP contribution in [0.25, 0.3) is 0 Å². The van der Waals surface area contributed by atoms with Crippen LogP contribution in [0.15, 0.2) is 0 Å². The van der Waals surface area contributed by atoms with E-state index in [1.165, 1.54) is 51.7 Å². The summed E-state index contributed by atoms with van der Waals surface area (Å²) in [6, 6.07) is 1.51. The second-order valence-corrected chi connectivity index (χ2v) is 5.84. The van der Waals surface area contributed by atoms with Gasteiger partial charge in [0.05, 0.1) is 0 Å². The van der Waals surface area contributed by atoms with Crippen LogP contribution in [0.1, 0.15) is 59.8 Å². The zero-order valence-electron chi connectivity index (χ0n) is 12.3. The fraction of sp³-hybridized carbons (Fsp3) is 1.00. The molecule has 0 aromatic heterocycles. The average molecular weight is 240 g/mol. The highest BCUT2D eigenvalue weighted by atomic mass is 15.2. The first-order chi connectivity index (χ1) is 8.17. The van der Waals surface area contributed by atoms with Gasteiger partial charge in [-0.25, -0.2) is 0 Å². The van der Waals surface area contributed by atoms with Crippen molar-refractivity contribution in [1.29, 1.82) is 0 Å². The van der Waals surface area contributed by atoms with Crippen LogP contribution in [0.5, 0.6) is 0 Å². The quantitative estimate of drug-likeness (QED) is 0.793. The van der Waals surface area contributed by atoms with Gasteiger partial charge in [0, 0.05) is 12.1 Å². The number of nitrogens with one attached hydrogen (secondary N) is 1. The highest BCUT2D eigenvalue weighted by molar-refractivity contribution is 4.76. The molecule has 1 aliphatic heterocycles.